The van der Waals surface area contributed by atoms with Gasteiger partial charge in [-0.15, -0.1) is 0 Å². The SMILES string of the molecule is CC(=O)OC1(C=CCC(F)(F)F)CCNCC1. The number of hydrogen-bond donors (Lipinski definition) is 1. The van der Waals surface area contributed by atoms with Crippen molar-refractivity contribution >= 4 is 5.97 Å². The maximum atomic E-state index is 12.0. The summed E-state index contributed by atoms with van der Waals surface area (Å²) in [7, 11) is 0. The number of piperidine rings is 1. The van der Waals surface area contributed by atoms with Crippen LogP contribution in [-0.4, -0.2) is 30.8 Å². The number of carbonyl (C=O) groups is 1. The number of nitrogens with one attached hydrogen (secondary N) is 1. The Bertz CT molecular complexity index is 294. The van der Waals surface area contributed by atoms with Crippen LogP contribution in [-0.2, 0) is 9.53 Å². The lowest BCUT2D eigenvalue weighted by Gasteiger charge is -2.34. The van der Waals surface area contributed by atoms with Gasteiger partial charge in [-0.25, -0.2) is 0 Å². The van der Waals surface area contributed by atoms with E-state index in [1.54, 1.807) is 0 Å². The smallest absolute Gasteiger partial charge is 0.392 e. The number of ether oxygens (including phenoxy) is 1. The third-order valence-electron chi connectivity index (χ3n) is 2.57. The molecule has 0 unspecified atom stereocenters. The van der Waals surface area contributed by atoms with Crippen LogP contribution in [0.25, 0.3) is 0 Å². The molecule has 6 heteroatoms. The van der Waals surface area contributed by atoms with E-state index >= 15 is 0 Å². The fourth-order valence-electron chi connectivity index (χ4n) is 1.85. The quantitative estimate of drug-likeness (QED) is 0.617. The van der Waals surface area contributed by atoms with Gasteiger partial charge in [0, 0.05) is 19.8 Å². The van der Waals surface area contributed by atoms with Crippen LogP contribution >= 0.6 is 0 Å². The van der Waals surface area contributed by atoms with Gasteiger partial charge in [0.25, 0.3) is 0 Å². The summed E-state index contributed by atoms with van der Waals surface area (Å²) in [5.41, 5.74) is -0.873. The molecule has 0 bridgehead atoms. The number of hydrogen-bond acceptors (Lipinski definition) is 3. The number of halogens is 3. The van der Waals surface area contributed by atoms with E-state index in [1.165, 1.54) is 13.0 Å². The highest BCUT2D eigenvalue weighted by atomic mass is 19.4. The molecule has 17 heavy (non-hydrogen) atoms. The van der Waals surface area contributed by atoms with Crippen molar-refractivity contribution in [2.45, 2.75) is 38.0 Å². The Kier molecular flexibility index (Phi) is 4.56. The number of alkyl halides is 3. The molecule has 0 amide bonds. The molecule has 0 aromatic carbocycles. The highest BCUT2D eigenvalue weighted by Crippen LogP contribution is 2.27. The highest BCUT2D eigenvalue weighted by Gasteiger charge is 2.33. The van der Waals surface area contributed by atoms with Gasteiger partial charge in [0.05, 0.1) is 6.42 Å². The van der Waals surface area contributed by atoms with Crippen molar-refractivity contribution in [1.29, 1.82) is 0 Å². The molecule has 0 saturated carbocycles. The second-order valence-electron chi connectivity index (χ2n) is 4.13. The van der Waals surface area contributed by atoms with Crippen LogP contribution in [0.5, 0.6) is 0 Å². The van der Waals surface area contributed by atoms with Gasteiger partial charge in [0.15, 0.2) is 0 Å². The Morgan fingerprint density at radius 3 is 2.47 bits per heavy atom. The van der Waals surface area contributed by atoms with E-state index in [9.17, 15) is 18.0 Å². The molecule has 1 N–H and O–H groups in total. The lowest BCUT2D eigenvalue weighted by molar-refractivity contribution is -0.154. The predicted octanol–water partition coefficient (Wildman–Crippen LogP) is 2.18. The Balaban J connectivity index is 2.66. The van der Waals surface area contributed by atoms with E-state index in [1.807, 2.05) is 0 Å². The molecule has 98 valence electrons. The van der Waals surface area contributed by atoms with Crippen molar-refractivity contribution in [2.75, 3.05) is 13.1 Å². The van der Waals surface area contributed by atoms with Gasteiger partial charge in [-0.1, -0.05) is 6.08 Å². The average Bonchev–Trinajstić information content (AvgIpc) is 2.15. The Morgan fingerprint density at radius 1 is 1.41 bits per heavy atom. The summed E-state index contributed by atoms with van der Waals surface area (Å²) in [6, 6.07) is 0. The number of esters is 1. The van der Waals surface area contributed by atoms with Crippen LogP contribution in [0.15, 0.2) is 12.2 Å². The topological polar surface area (TPSA) is 38.3 Å². The molecular weight excluding hydrogens is 235 g/mol. The minimum atomic E-state index is -4.22. The molecule has 3 nitrogen and oxygen atoms in total. The second-order valence-corrected chi connectivity index (χ2v) is 4.13. The van der Waals surface area contributed by atoms with Gasteiger partial charge in [0.1, 0.15) is 5.60 Å². The first-order valence-electron chi connectivity index (χ1n) is 5.48. The van der Waals surface area contributed by atoms with Gasteiger partial charge >= 0.3 is 12.1 Å². The van der Waals surface area contributed by atoms with E-state index in [2.05, 4.69) is 5.32 Å². The molecule has 1 fully saturated rings. The van der Waals surface area contributed by atoms with Crippen molar-refractivity contribution in [1.82, 2.24) is 5.32 Å². The van der Waals surface area contributed by atoms with Gasteiger partial charge in [0.2, 0.25) is 0 Å². The zero-order chi connectivity index (χ0) is 12.9. The van der Waals surface area contributed by atoms with Crippen molar-refractivity contribution in [3.05, 3.63) is 12.2 Å². The van der Waals surface area contributed by atoms with E-state index in [-0.39, 0.29) is 0 Å². The zero-order valence-electron chi connectivity index (χ0n) is 9.64. The van der Waals surface area contributed by atoms with E-state index < -0.39 is 24.2 Å². The molecule has 0 spiro atoms. The molecular formula is C11H16F3NO2. The fourth-order valence-corrected chi connectivity index (χ4v) is 1.85. The maximum absolute atomic E-state index is 12.0. The van der Waals surface area contributed by atoms with Crippen LogP contribution in [0.4, 0.5) is 13.2 Å². The minimum absolute atomic E-state index is 0.469. The van der Waals surface area contributed by atoms with Crippen molar-refractivity contribution in [3.63, 3.8) is 0 Å². The first-order chi connectivity index (χ1) is 7.83. The van der Waals surface area contributed by atoms with Gasteiger partial charge < -0.3 is 10.1 Å². The molecule has 1 aliphatic rings. The number of carbonyl (C=O) groups excluding carboxylic acids is 1. The lowest BCUT2D eigenvalue weighted by atomic mass is 9.91. The van der Waals surface area contributed by atoms with Gasteiger partial charge in [-0.3, -0.25) is 4.79 Å². The summed E-state index contributed by atoms with van der Waals surface area (Å²) >= 11 is 0. The third kappa shape index (κ3) is 5.21. The standard InChI is InChI=1S/C11H16F3NO2/c1-9(16)17-10(5-7-15-8-6-10)3-2-4-11(12,13)14/h2-3,15H,4-8H2,1H3. The lowest BCUT2D eigenvalue weighted by Crippen LogP contribution is -2.43. The Morgan fingerprint density at radius 2 is 2.00 bits per heavy atom. The monoisotopic (exact) mass is 251 g/mol. The molecule has 1 rings (SSSR count). The van der Waals surface area contributed by atoms with E-state index in [0.717, 1.165) is 6.08 Å². The molecule has 0 radical (unpaired) electrons. The van der Waals surface area contributed by atoms with Gasteiger partial charge in [-0.2, -0.15) is 13.2 Å². The average molecular weight is 251 g/mol. The summed E-state index contributed by atoms with van der Waals surface area (Å²) in [5.74, 6) is -0.469. The first kappa shape index (κ1) is 14.0. The summed E-state index contributed by atoms with van der Waals surface area (Å²) in [6.07, 6.45) is -1.80. The summed E-state index contributed by atoms with van der Waals surface area (Å²) in [6.45, 7) is 2.52. The van der Waals surface area contributed by atoms with Crippen molar-refractivity contribution in [2.24, 2.45) is 0 Å². The molecule has 1 saturated heterocycles. The molecule has 1 heterocycles. The number of rotatable bonds is 3. The van der Waals surface area contributed by atoms with Gasteiger partial charge in [-0.05, 0) is 19.2 Å². The van der Waals surface area contributed by atoms with Crippen LogP contribution in [0, 0.1) is 0 Å². The molecule has 0 atom stereocenters. The zero-order valence-corrected chi connectivity index (χ0v) is 9.64. The molecule has 0 aromatic rings. The summed E-state index contributed by atoms with van der Waals surface area (Å²) in [4.78, 5) is 11.0. The molecule has 0 aliphatic carbocycles. The largest absolute Gasteiger partial charge is 0.455 e. The van der Waals surface area contributed by atoms with Crippen LogP contribution in [0.3, 0.4) is 0 Å². The fraction of sp³-hybridized carbons (Fsp3) is 0.727. The third-order valence-corrected chi connectivity index (χ3v) is 2.57. The van der Waals surface area contributed by atoms with Crippen molar-refractivity contribution < 1.29 is 22.7 Å². The Hall–Kier alpha value is -1.04. The second kappa shape index (κ2) is 5.53. The molecule has 1 aliphatic heterocycles. The van der Waals surface area contributed by atoms with Crippen LogP contribution < -0.4 is 5.32 Å². The minimum Gasteiger partial charge on any atom is -0.455 e. The van der Waals surface area contributed by atoms with E-state index in [4.69, 9.17) is 4.74 Å². The Labute approximate surface area is 98.0 Å². The normalized spacial score (nSPS) is 20.5. The van der Waals surface area contributed by atoms with E-state index in [0.29, 0.717) is 25.9 Å². The summed E-state index contributed by atoms with van der Waals surface area (Å²) < 4.78 is 41.2. The van der Waals surface area contributed by atoms with Crippen LogP contribution in [0.2, 0.25) is 0 Å². The van der Waals surface area contributed by atoms with Crippen LogP contribution in [0.1, 0.15) is 26.2 Å². The predicted molar refractivity (Wildman–Crippen MR) is 56.4 cm³/mol. The maximum Gasteiger partial charge on any atom is 0.392 e. The number of allylic oxidation sites excluding steroid dienone is 1. The summed E-state index contributed by atoms with van der Waals surface area (Å²) in [5, 5.41) is 3.07. The first-order valence-corrected chi connectivity index (χ1v) is 5.48. The highest BCUT2D eigenvalue weighted by molar-refractivity contribution is 5.66. The molecule has 0 aromatic heterocycles. The van der Waals surface area contributed by atoms with Crippen molar-refractivity contribution in [3.8, 4) is 0 Å².